The number of terminal acetylenes is 1. The Bertz CT molecular complexity index is 891. The summed E-state index contributed by atoms with van der Waals surface area (Å²) >= 11 is 6.70. The number of carbonyl (C=O) groups excluding carboxylic acids is 1. The molecule has 2 rings (SSSR count). The largest absolute Gasteiger partial charge is 0.480 e. The molecular formula is C19H12Br2N2O2. The molecule has 1 N–H and O–H groups in total. The average Bonchev–Trinajstić information content (AvgIpc) is 2.60. The molecule has 2 aromatic carbocycles. The van der Waals surface area contributed by atoms with Gasteiger partial charge in [0.2, 0.25) is 0 Å². The van der Waals surface area contributed by atoms with E-state index in [9.17, 15) is 10.1 Å². The third-order valence-electron chi connectivity index (χ3n) is 3.05. The highest BCUT2D eigenvalue weighted by atomic mass is 79.9. The van der Waals surface area contributed by atoms with Crippen molar-refractivity contribution in [2.45, 2.75) is 0 Å². The Morgan fingerprint density at radius 3 is 2.56 bits per heavy atom. The number of nitrogens with one attached hydrogen (secondary N) is 1. The van der Waals surface area contributed by atoms with Gasteiger partial charge in [0.25, 0.3) is 5.91 Å². The summed E-state index contributed by atoms with van der Waals surface area (Å²) in [7, 11) is 0. The smallest absolute Gasteiger partial charge is 0.266 e. The van der Waals surface area contributed by atoms with Crippen molar-refractivity contribution in [2.24, 2.45) is 0 Å². The fourth-order valence-corrected chi connectivity index (χ4v) is 2.67. The van der Waals surface area contributed by atoms with Crippen molar-refractivity contribution in [1.29, 1.82) is 5.26 Å². The number of ether oxygens (including phenoxy) is 1. The minimum atomic E-state index is -0.478. The second kappa shape index (κ2) is 9.08. The first-order valence-electron chi connectivity index (χ1n) is 7.08. The standard InChI is InChI=1S/C19H12Br2N2O2/c1-2-9-25-18-8-3-13(11-17(18)21)10-14(12-22)19(24)23-16-6-4-15(20)5-7-16/h1,3-8,10-11H,9H2,(H,23,24)/b14-10-. The maximum absolute atomic E-state index is 12.3. The lowest BCUT2D eigenvalue weighted by Crippen LogP contribution is -2.13. The summed E-state index contributed by atoms with van der Waals surface area (Å²) in [5.74, 6) is 2.50. The molecule has 124 valence electrons. The molecule has 0 heterocycles. The second-order valence-electron chi connectivity index (χ2n) is 4.81. The molecule has 1 amide bonds. The molecule has 0 aliphatic carbocycles. The summed E-state index contributed by atoms with van der Waals surface area (Å²) in [6.45, 7) is 0.160. The first kappa shape index (κ1) is 18.8. The molecule has 0 aliphatic heterocycles. The van der Waals surface area contributed by atoms with Crippen molar-refractivity contribution >= 4 is 49.5 Å². The van der Waals surface area contributed by atoms with E-state index in [0.717, 1.165) is 4.47 Å². The number of amides is 1. The first-order valence-corrected chi connectivity index (χ1v) is 8.66. The summed E-state index contributed by atoms with van der Waals surface area (Å²) in [4.78, 5) is 12.3. The average molecular weight is 460 g/mol. The van der Waals surface area contributed by atoms with Gasteiger partial charge in [-0.1, -0.05) is 27.9 Å². The van der Waals surface area contributed by atoms with Gasteiger partial charge in [0, 0.05) is 10.2 Å². The highest BCUT2D eigenvalue weighted by molar-refractivity contribution is 9.10. The fourth-order valence-electron chi connectivity index (χ4n) is 1.89. The fraction of sp³-hybridized carbons (Fsp3) is 0.0526. The lowest BCUT2D eigenvalue weighted by atomic mass is 10.1. The summed E-state index contributed by atoms with van der Waals surface area (Å²) in [5.41, 5.74) is 1.28. The Morgan fingerprint density at radius 2 is 1.96 bits per heavy atom. The van der Waals surface area contributed by atoms with Crippen LogP contribution in [0.3, 0.4) is 0 Å². The predicted octanol–water partition coefficient (Wildman–Crippen LogP) is 4.77. The molecule has 25 heavy (non-hydrogen) atoms. The molecule has 0 atom stereocenters. The molecule has 0 radical (unpaired) electrons. The summed E-state index contributed by atoms with van der Waals surface area (Å²) < 4.78 is 6.94. The number of nitriles is 1. The minimum absolute atomic E-state index is 0.00730. The van der Waals surface area contributed by atoms with Crippen LogP contribution in [0.25, 0.3) is 6.08 Å². The molecule has 0 unspecified atom stereocenters. The van der Waals surface area contributed by atoms with Gasteiger partial charge in [-0.3, -0.25) is 4.79 Å². The van der Waals surface area contributed by atoms with Crippen molar-refractivity contribution in [1.82, 2.24) is 0 Å². The predicted molar refractivity (Wildman–Crippen MR) is 105 cm³/mol. The van der Waals surface area contributed by atoms with Crippen molar-refractivity contribution < 1.29 is 9.53 Å². The van der Waals surface area contributed by atoms with E-state index >= 15 is 0 Å². The van der Waals surface area contributed by atoms with Gasteiger partial charge in [0.1, 0.15) is 24.0 Å². The lowest BCUT2D eigenvalue weighted by molar-refractivity contribution is -0.112. The molecule has 2 aromatic rings. The van der Waals surface area contributed by atoms with Crippen LogP contribution in [0.5, 0.6) is 5.75 Å². The zero-order chi connectivity index (χ0) is 18.2. The van der Waals surface area contributed by atoms with Gasteiger partial charge in [-0.05, 0) is 64.0 Å². The Labute approximate surface area is 162 Å². The molecule has 6 heteroatoms. The van der Waals surface area contributed by atoms with Crippen LogP contribution >= 0.6 is 31.9 Å². The molecule has 0 spiro atoms. The summed E-state index contributed by atoms with van der Waals surface area (Å²) in [5, 5.41) is 12.0. The van der Waals surface area contributed by atoms with Gasteiger partial charge in [-0.2, -0.15) is 5.26 Å². The number of hydrogen-bond acceptors (Lipinski definition) is 3. The highest BCUT2D eigenvalue weighted by Gasteiger charge is 2.10. The number of halogens is 2. The molecule has 0 bridgehead atoms. The number of benzene rings is 2. The number of carbonyl (C=O) groups is 1. The maximum Gasteiger partial charge on any atom is 0.266 e. The quantitative estimate of drug-likeness (QED) is 0.398. The van der Waals surface area contributed by atoms with Crippen LogP contribution in [-0.4, -0.2) is 12.5 Å². The van der Waals surface area contributed by atoms with E-state index in [1.165, 1.54) is 6.08 Å². The van der Waals surface area contributed by atoms with Crippen molar-refractivity contribution in [3.63, 3.8) is 0 Å². The molecule has 4 nitrogen and oxygen atoms in total. The normalized spacial score (nSPS) is 10.5. The molecule has 0 fully saturated rings. The van der Waals surface area contributed by atoms with Gasteiger partial charge in [0.05, 0.1) is 4.47 Å². The van der Waals surface area contributed by atoms with E-state index in [4.69, 9.17) is 11.2 Å². The van der Waals surface area contributed by atoms with E-state index in [1.807, 2.05) is 6.07 Å². The van der Waals surface area contributed by atoms with Gasteiger partial charge in [0.15, 0.2) is 0 Å². The Balaban J connectivity index is 2.17. The summed E-state index contributed by atoms with van der Waals surface area (Å²) in [6, 6.07) is 14.2. The van der Waals surface area contributed by atoms with Gasteiger partial charge in [-0.25, -0.2) is 0 Å². The van der Waals surface area contributed by atoms with Crippen LogP contribution in [-0.2, 0) is 4.79 Å². The Kier molecular flexibility index (Phi) is 6.82. The van der Waals surface area contributed by atoms with Crippen LogP contribution in [0.1, 0.15) is 5.56 Å². The second-order valence-corrected chi connectivity index (χ2v) is 6.58. The van der Waals surface area contributed by atoms with E-state index in [1.54, 1.807) is 42.5 Å². The zero-order valence-electron chi connectivity index (χ0n) is 12.9. The number of nitrogens with zero attached hydrogens (tertiary/aromatic N) is 1. The lowest BCUT2D eigenvalue weighted by Gasteiger charge is -2.07. The number of rotatable bonds is 5. The van der Waals surface area contributed by atoms with E-state index in [0.29, 0.717) is 21.5 Å². The monoisotopic (exact) mass is 458 g/mol. The van der Waals surface area contributed by atoms with Crippen LogP contribution in [0.15, 0.2) is 57.0 Å². The topological polar surface area (TPSA) is 62.1 Å². The molecule has 0 aromatic heterocycles. The van der Waals surface area contributed by atoms with Gasteiger partial charge in [-0.15, -0.1) is 6.42 Å². The van der Waals surface area contributed by atoms with Crippen LogP contribution < -0.4 is 10.1 Å². The van der Waals surface area contributed by atoms with Crippen molar-refractivity contribution in [2.75, 3.05) is 11.9 Å². The van der Waals surface area contributed by atoms with E-state index < -0.39 is 5.91 Å². The van der Waals surface area contributed by atoms with Crippen LogP contribution in [0, 0.1) is 23.7 Å². The molecule has 0 saturated heterocycles. The van der Waals surface area contributed by atoms with Crippen LogP contribution in [0.4, 0.5) is 5.69 Å². The highest BCUT2D eigenvalue weighted by Crippen LogP contribution is 2.27. The van der Waals surface area contributed by atoms with Gasteiger partial charge >= 0.3 is 0 Å². The Hall–Kier alpha value is -2.54. The molecule has 0 aliphatic rings. The van der Waals surface area contributed by atoms with Crippen molar-refractivity contribution in [3.05, 3.63) is 62.5 Å². The van der Waals surface area contributed by atoms with Crippen LogP contribution in [0.2, 0.25) is 0 Å². The zero-order valence-corrected chi connectivity index (χ0v) is 16.1. The maximum atomic E-state index is 12.3. The third-order valence-corrected chi connectivity index (χ3v) is 4.19. The Morgan fingerprint density at radius 1 is 1.24 bits per heavy atom. The van der Waals surface area contributed by atoms with E-state index in [-0.39, 0.29) is 12.2 Å². The molecule has 0 saturated carbocycles. The number of anilines is 1. The van der Waals surface area contributed by atoms with Gasteiger partial charge < -0.3 is 10.1 Å². The van der Waals surface area contributed by atoms with E-state index in [2.05, 4.69) is 43.1 Å². The third kappa shape index (κ3) is 5.49. The van der Waals surface area contributed by atoms with Crippen molar-refractivity contribution in [3.8, 4) is 24.2 Å². The molecular weight excluding hydrogens is 448 g/mol. The first-order chi connectivity index (χ1) is 12.0. The summed E-state index contributed by atoms with van der Waals surface area (Å²) in [6.07, 6.45) is 6.67. The number of hydrogen-bond donors (Lipinski definition) is 1. The SMILES string of the molecule is C#CCOc1ccc(/C=C(/C#N)C(=O)Nc2ccc(Br)cc2)cc1Br. The minimum Gasteiger partial charge on any atom is -0.480 e.